The van der Waals surface area contributed by atoms with E-state index in [9.17, 15) is 19.5 Å². The van der Waals surface area contributed by atoms with E-state index in [-0.39, 0.29) is 24.2 Å². The van der Waals surface area contributed by atoms with E-state index in [0.29, 0.717) is 18.5 Å². The fourth-order valence-electron chi connectivity index (χ4n) is 4.35. The number of esters is 1. The van der Waals surface area contributed by atoms with Crippen molar-refractivity contribution in [1.29, 1.82) is 0 Å². The zero-order chi connectivity index (χ0) is 21.5. The molecule has 2 heterocycles. The number of fused-ring (bicyclic) bond motifs is 2. The number of rotatable bonds is 7. The lowest BCUT2D eigenvalue weighted by Crippen LogP contribution is -2.50. The second kappa shape index (κ2) is 7.41. The fraction of sp³-hybridized carbons (Fsp3) is 0.391. The van der Waals surface area contributed by atoms with Gasteiger partial charge in [-0.25, -0.2) is 4.79 Å². The molecule has 1 fully saturated rings. The van der Waals surface area contributed by atoms with E-state index < -0.39 is 28.7 Å². The molecule has 1 N–H and O–H groups in total. The van der Waals surface area contributed by atoms with Gasteiger partial charge in [0.25, 0.3) is 5.60 Å². The summed E-state index contributed by atoms with van der Waals surface area (Å²) in [6.45, 7) is 2.25. The number of nitrogens with zero attached hydrogens (tertiary/aromatic N) is 1. The van der Waals surface area contributed by atoms with Gasteiger partial charge in [0.15, 0.2) is 11.4 Å². The van der Waals surface area contributed by atoms with Crippen LogP contribution in [0.3, 0.4) is 0 Å². The summed E-state index contributed by atoms with van der Waals surface area (Å²) in [7, 11) is 1.16. The molecule has 2 aliphatic heterocycles. The van der Waals surface area contributed by atoms with Crippen LogP contribution in [0, 0.1) is 0 Å². The van der Waals surface area contributed by atoms with Crippen molar-refractivity contribution < 1.29 is 29.0 Å². The molecular formula is C23H23NO6. The van der Waals surface area contributed by atoms with Gasteiger partial charge in [-0.3, -0.25) is 14.6 Å². The van der Waals surface area contributed by atoms with Crippen molar-refractivity contribution in [1.82, 2.24) is 0 Å². The molecule has 30 heavy (non-hydrogen) atoms. The van der Waals surface area contributed by atoms with Crippen molar-refractivity contribution >= 4 is 23.8 Å². The first kappa shape index (κ1) is 20.4. The summed E-state index contributed by atoms with van der Waals surface area (Å²) in [5, 5.41) is 10.0. The average molecular weight is 409 g/mol. The molecule has 1 aromatic rings. The first-order valence-corrected chi connectivity index (χ1v) is 9.85. The Kier molecular flexibility index (Phi) is 5.03. The molecule has 3 aliphatic rings. The lowest BCUT2D eigenvalue weighted by atomic mass is 9.71. The molecule has 7 nitrogen and oxygen atoms in total. The predicted molar refractivity (Wildman–Crippen MR) is 109 cm³/mol. The Balaban J connectivity index is 1.70. The highest BCUT2D eigenvalue weighted by atomic mass is 16.7. The van der Waals surface area contributed by atoms with Gasteiger partial charge in [0.2, 0.25) is 5.78 Å². The molecule has 0 aromatic heterocycles. The summed E-state index contributed by atoms with van der Waals surface area (Å²) in [4.78, 5) is 43.3. The van der Waals surface area contributed by atoms with E-state index in [1.54, 1.807) is 18.2 Å². The normalized spacial score (nSPS) is 27.2. The number of aliphatic hydroxyl groups excluding tert-OH is 1. The molecular weight excluding hydrogens is 386 g/mol. The Labute approximate surface area is 174 Å². The van der Waals surface area contributed by atoms with Crippen LogP contribution >= 0.6 is 0 Å². The molecule has 0 saturated carbocycles. The number of ketones is 2. The molecule has 1 saturated heterocycles. The summed E-state index contributed by atoms with van der Waals surface area (Å²) in [6, 6.07) is 6.36. The minimum absolute atomic E-state index is 0.0452. The van der Waals surface area contributed by atoms with Crippen molar-refractivity contribution in [3.8, 4) is 0 Å². The summed E-state index contributed by atoms with van der Waals surface area (Å²) >= 11 is 0. The van der Waals surface area contributed by atoms with Crippen molar-refractivity contribution in [3.05, 3.63) is 58.2 Å². The van der Waals surface area contributed by atoms with Gasteiger partial charge >= 0.3 is 5.97 Å². The largest absolute Gasteiger partial charge is 0.466 e. The molecule has 4 rings (SSSR count). The van der Waals surface area contributed by atoms with E-state index in [2.05, 4.69) is 4.99 Å². The molecule has 0 bridgehead atoms. The van der Waals surface area contributed by atoms with E-state index in [4.69, 9.17) is 9.47 Å². The standard InChI is InChI=1S/C23H23NO6/c1-14(7-8-15-9-10-24-12-15)16(13-25)11-22-19(26)17-5-3-4-6-18(17)20(27)23(22,30-22)21(28)29-2/h3-6,9,12,25H,7-8,10-11,13H2,1-2H3/t22-,23-/m0/s1. The van der Waals surface area contributed by atoms with Crippen molar-refractivity contribution in [2.24, 2.45) is 4.99 Å². The number of aliphatic hydroxyl groups is 1. The molecule has 7 heteroatoms. The average Bonchev–Trinajstić information content (AvgIpc) is 3.18. The Morgan fingerprint density at radius 1 is 1.23 bits per heavy atom. The van der Waals surface area contributed by atoms with Gasteiger partial charge in [-0.2, -0.15) is 0 Å². The van der Waals surface area contributed by atoms with Gasteiger partial charge in [0, 0.05) is 23.8 Å². The highest BCUT2D eigenvalue weighted by Crippen LogP contribution is 2.59. The number of carbonyl (C=O) groups excluding carboxylic acids is 3. The minimum atomic E-state index is -1.99. The molecule has 0 amide bonds. The maximum atomic E-state index is 13.4. The third-order valence-electron chi connectivity index (χ3n) is 6.19. The maximum absolute atomic E-state index is 13.4. The molecule has 0 unspecified atom stereocenters. The highest BCUT2D eigenvalue weighted by molar-refractivity contribution is 6.32. The van der Waals surface area contributed by atoms with Gasteiger partial charge in [0.05, 0.1) is 20.3 Å². The molecule has 0 radical (unpaired) electrons. The molecule has 0 spiro atoms. The lowest BCUT2D eigenvalue weighted by molar-refractivity contribution is -0.145. The van der Waals surface area contributed by atoms with Crippen LogP contribution < -0.4 is 0 Å². The number of hydrogen-bond acceptors (Lipinski definition) is 7. The van der Waals surface area contributed by atoms with Crippen molar-refractivity contribution in [2.45, 2.75) is 37.4 Å². The quantitative estimate of drug-likeness (QED) is 0.320. The summed E-state index contributed by atoms with van der Waals surface area (Å²) in [5.41, 5.74) is -0.706. The van der Waals surface area contributed by atoms with Crippen LogP contribution in [-0.2, 0) is 14.3 Å². The number of hydrogen-bond donors (Lipinski definition) is 1. The molecule has 156 valence electrons. The van der Waals surface area contributed by atoms with Gasteiger partial charge in [-0.15, -0.1) is 0 Å². The molecule has 2 atom stereocenters. The third kappa shape index (κ3) is 2.80. The zero-order valence-corrected chi connectivity index (χ0v) is 16.9. The van der Waals surface area contributed by atoms with Crippen LogP contribution in [0.15, 0.2) is 52.1 Å². The smallest absolute Gasteiger partial charge is 0.350 e. The first-order valence-electron chi connectivity index (χ1n) is 9.85. The number of methoxy groups -OCH3 is 1. The van der Waals surface area contributed by atoms with Crippen LogP contribution in [0.5, 0.6) is 0 Å². The van der Waals surface area contributed by atoms with Crippen molar-refractivity contribution in [2.75, 3.05) is 20.3 Å². The third-order valence-corrected chi connectivity index (χ3v) is 6.19. The van der Waals surface area contributed by atoms with E-state index in [1.807, 2.05) is 19.2 Å². The number of carbonyl (C=O) groups is 3. The summed E-state index contributed by atoms with van der Waals surface area (Å²) < 4.78 is 10.6. The van der Waals surface area contributed by atoms with Crippen LogP contribution in [0.1, 0.15) is 46.9 Å². The predicted octanol–water partition coefficient (Wildman–Crippen LogP) is 2.24. The topological polar surface area (TPSA) is 106 Å². The van der Waals surface area contributed by atoms with E-state index in [0.717, 1.165) is 24.7 Å². The Hall–Kier alpha value is -2.90. The Morgan fingerprint density at radius 2 is 1.93 bits per heavy atom. The second-order valence-corrected chi connectivity index (χ2v) is 7.80. The first-order chi connectivity index (χ1) is 14.4. The Bertz CT molecular complexity index is 1040. The molecule has 1 aliphatic carbocycles. The second-order valence-electron chi connectivity index (χ2n) is 7.80. The van der Waals surface area contributed by atoms with E-state index >= 15 is 0 Å². The van der Waals surface area contributed by atoms with Gasteiger partial charge in [0.1, 0.15) is 0 Å². The lowest BCUT2D eigenvalue weighted by Gasteiger charge is -2.24. The van der Waals surface area contributed by atoms with Gasteiger partial charge in [-0.1, -0.05) is 35.9 Å². The van der Waals surface area contributed by atoms with Crippen LogP contribution in [0.4, 0.5) is 0 Å². The van der Waals surface area contributed by atoms with Gasteiger partial charge in [-0.05, 0) is 30.9 Å². The fourth-order valence-corrected chi connectivity index (χ4v) is 4.35. The maximum Gasteiger partial charge on any atom is 0.350 e. The van der Waals surface area contributed by atoms with Gasteiger partial charge < -0.3 is 14.6 Å². The summed E-state index contributed by atoms with van der Waals surface area (Å²) in [6.07, 6.45) is 5.24. The highest BCUT2D eigenvalue weighted by Gasteiger charge is 2.85. The Morgan fingerprint density at radius 3 is 2.53 bits per heavy atom. The minimum Gasteiger partial charge on any atom is -0.466 e. The van der Waals surface area contributed by atoms with E-state index in [1.165, 1.54) is 6.07 Å². The summed E-state index contributed by atoms with van der Waals surface area (Å²) in [5.74, 6) is -1.91. The number of benzene rings is 1. The van der Waals surface area contributed by atoms with Crippen LogP contribution in [-0.4, -0.2) is 60.3 Å². The zero-order valence-electron chi connectivity index (χ0n) is 16.9. The number of ether oxygens (including phenoxy) is 2. The number of epoxide rings is 1. The number of Topliss-reactive ketones (excluding diaryl/α,β-unsaturated/α-hetero) is 2. The number of allylic oxidation sites excluding steroid dienone is 2. The molecule has 1 aromatic carbocycles. The number of aliphatic imine (C=N–C) groups is 1. The SMILES string of the molecule is COC(=O)[C@]12O[C@@]1(CC(CO)=C(C)CCC1=CCN=C1)C(=O)c1ccccc1C2=O. The van der Waals surface area contributed by atoms with Crippen LogP contribution in [0.2, 0.25) is 0 Å². The van der Waals surface area contributed by atoms with Crippen LogP contribution in [0.25, 0.3) is 0 Å². The van der Waals surface area contributed by atoms with Crippen molar-refractivity contribution in [3.63, 3.8) is 0 Å². The monoisotopic (exact) mass is 409 g/mol.